The second kappa shape index (κ2) is 7.17. The lowest BCUT2D eigenvalue weighted by molar-refractivity contribution is -0.384. The van der Waals surface area contributed by atoms with E-state index in [-0.39, 0.29) is 39.8 Å². The summed E-state index contributed by atoms with van der Waals surface area (Å²) < 4.78 is 18.6. The first-order chi connectivity index (χ1) is 14.3. The van der Waals surface area contributed by atoms with Gasteiger partial charge in [-0.25, -0.2) is 9.40 Å². The van der Waals surface area contributed by atoms with Crippen LogP contribution in [-0.2, 0) is 9.59 Å². The molecular weight excluding hydrogens is 397 g/mol. The van der Waals surface area contributed by atoms with Gasteiger partial charge in [0.1, 0.15) is 28.7 Å². The predicted octanol–water partition coefficient (Wildman–Crippen LogP) is 3.16. The van der Waals surface area contributed by atoms with Crippen LogP contribution in [0, 0.1) is 15.9 Å². The van der Waals surface area contributed by atoms with E-state index in [0.29, 0.717) is 0 Å². The molecule has 1 saturated heterocycles. The highest BCUT2D eigenvalue weighted by molar-refractivity contribution is 6.31. The fourth-order valence-electron chi connectivity index (χ4n) is 2.88. The van der Waals surface area contributed by atoms with Crippen molar-refractivity contribution >= 4 is 29.3 Å². The molecule has 0 radical (unpaired) electrons. The van der Waals surface area contributed by atoms with Gasteiger partial charge in [-0.3, -0.25) is 25.1 Å². The summed E-state index contributed by atoms with van der Waals surface area (Å²) in [6.45, 7) is 0. The van der Waals surface area contributed by atoms with Gasteiger partial charge in [0.2, 0.25) is 0 Å². The monoisotopic (exact) mass is 409 g/mol. The summed E-state index contributed by atoms with van der Waals surface area (Å²) in [7, 11) is 0. The lowest BCUT2D eigenvalue weighted by Gasteiger charge is -2.14. The third-order valence-corrected chi connectivity index (χ3v) is 4.35. The van der Waals surface area contributed by atoms with Crippen LogP contribution in [0.15, 0.2) is 64.6 Å². The first-order valence-electron chi connectivity index (χ1n) is 8.54. The molecule has 0 bridgehead atoms. The van der Waals surface area contributed by atoms with E-state index >= 15 is 0 Å². The molecule has 1 aromatic heterocycles. The normalized spacial score (nSPS) is 15.0. The smallest absolute Gasteiger partial charge is 0.282 e. The van der Waals surface area contributed by atoms with Gasteiger partial charge in [-0.2, -0.15) is 0 Å². The first kappa shape index (κ1) is 18.9. The van der Waals surface area contributed by atoms with Crippen LogP contribution in [-0.4, -0.2) is 21.8 Å². The molecule has 30 heavy (non-hydrogen) atoms. The fourth-order valence-corrected chi connectivity index (χ4v) is 2.88. The molecule has 1 fully saturated rings. The Morgan fingerprint density at radius 1 is 1.10 bits per heavy atom. The Morgan fingerprint density at radius 3 is 2.53 bits per heavy atom. The molecule has 10 heteroatoms. The van der Waals surface area contributed by atoms with Crippen molar-refractivity contribution < 1.29 is 28.4 Å². The van der Waals surface area contributed by atoms with Crippen LogP contribution in [0.3, 0.4) is 0 Å². The Morgan fingerprint density at radius 2 is 1.83 bits per heavy atom. The molecule has 4 rings (SSSR count). The van der Waals surface area contributed by atoms with Crippen molar-refractivity contribution in [2.24, 2.45) is 0 Å². The van der Waals surface area contributed by atoms with E-state index in [2.05, 4.69) is 5.43 Å². The Bertz CT molecular complexity index is 1220. The van der Waals surface area contributed by atoms with Gasteiger partial charge in [-0.15, -0.1) is 0 Å². The van der Waals surface area contributed by atoms with E-state index in [1.54, 1.807) is 0 Å². The maximum atomic E-state index is 13.1. The fraction of sp³-hybridized carbons (Fsp3) is 0. The molecular formula is C20H12FN3O6. The summed E-state index contributed by atoms with van der Waals surface area (Å²) in [5.41, 5.74) is 2.28. The highest BCUT2D eigenvalue weighted by Crippen LogP contribution is 2.34. The van der Waals surface area contributed by atoms with Gasteiger partial charge < -0.3 is 9.52 Å². The molecule has 0 unspecified atom stereocenters. The SMILES string of the molecule is O=C1NN(c2ccc(F)cc2)C(=O)/C1=C\c1ccc(-c2cc([N+](=O)[O-])ccc2O)o1. The molecule has 0 saturated carbocycles. The minimum Gasteiger partial charge on any atom is -0.507 e. The minimum atomic E-state index is -0.680. The number of hydrogen-bond acceptors (Lipinski definition) is 6. The summed E-state index contributed by atoms with van der Waals surface area (Å²) in [5, 5.41) is 21.9. The van der Waals surface area contributed by atoms with Crippen molar-refractivity contribution in [3.63, 3.8) is 0 Å². The van der Waals surface area contributed by atoms with Gasteiger partial charge in [0, 0.05) is 12.1 Å². The zero-order valence-corrected chi connectivity index (χ0v) is 15.0. The van der Waals surface area contributed by atoms with Crippen LogP contribution in [0.1, 0.15) is 5.76 Å². The number of nitro groups is 1. The van der Waals surface area contributed by atoms with Gasteiger partial charge in [0.05, 0.1) is 16.2 Å². The number of non-ortho nitro benzene ring substituents is 1. The lowest BCUT2D eigenvalue weighted by atomic mass is 10.1. The van der Waals surface area contributed by atoms with E-state index in [1.165, 1.54) is 36.4 Å². The van der Waals surface area contributed by atoms with Crippen molar-refractivity contribution in [3.05, 3.63) is 81.9 Å². The lowest BCUT2D eigenvalue weighted by Crippen LogP contribution is -2.35. The quantitative estimate of drug-likeness (QED) is 0.295. The maximum absolute atomic E-state index is 13.1. The van der Waals surface area contributed by atoms with E-state index in [4.69, 9.17) is 4.42 Å². The maximum Gasteiger partial charge on any atom is 0.282 e. The molecule has 3 aromatic rings. The number of hydrazine groups is 1. The zero-order chi connectivity index (χ0) is 21.4. The van der Waals surface area contributed by atoms with Crippen molar-refractivity contribution in [2.75, 3.05) is 5.01 Å². The summed E-state index contributed by atoms with van der Waals surface area (Å²) >= 11 is 0. The number of rotatable bonds is 4. The Balaban J connectivity index is 1.64. The van der Waals surface area contributed by atoms with Crippen molar-refractivity contribution in [1.82, 2.24) is 5.43 Å². The summed E-state index contributed by atoms with van der Waals surface area (Å²) in [6, 6.07) is 11.3. The molecule has 2 aromatic carbocycles. The molecule has 2 amide bonds. The Labute approximate surface area is 167 Å². The molecule has 0 aliphatic carbocycles. The van der Waals surface area contributed by atoms with Gasteiger partial charge in [0.15, 0.2) is 0 Å². The van der Waals surface area contributed by atoms with E-state index < -0.39 is 22.6 Å². The van der Waals surface area contributed by atoms with Crippen molar-refractivity contribution in [2.45, 2.75) is 0 Å². The third kappa shape index (κ3) is 3.37. The number of halogens is 1. The molecule has 9 nitrogen and oxygen atoms in total. The first-order valence-corrected chi connectivity index (χ1v) is 8.54. The molecule has 0 atom stereocenters. The van der Waals surface area contributed by atoms with Gasteiger partial charge in [0.25, 0.3) is 17.5 Å². The second-order valence-corrected chi connectivity index (χ2v) is 6.28. The van der Waals surface area contributed by atoms with Gasteiger partial charge >= 0.3 is 0 Å². The van der Waals surface area contributed by atoms with Gasteiger partial charge in [-0.05, 0) is 48.5 Å². The van der Waals surface area contributed by atoms with E-state index in [0.717, 1.165) is 29.3 Å². The van der Waals surface area contributed by atoms with E-state index in [9.17, 15) is 29.2 Å². The number of carbonyl (C=O) groups excluding carboxylic acids is 2. The number of aromatic hydroxyl groups is 1. The van der Waals surface area contributed by atoms with Crippen LogP contribution in [0.4, 0.5) is 15.8 Å². The molecule has 2 N–H and O–H groups in total. The van der Waals surface area contributed by atoms with E-state index in [1.807, 2.05) is 0 Å². The molecule has 2 heterocycles. The summed E-state index contributed by atoms with van der Waals surface area (Å²) in [6.07, 6.45) is 1.21. The second-order valence-electron chi connectivity index (χ2n) is 6.28. The minimum absolute atomic E-state index is 0.0870. The number of phenols is 1. The number of phenolic OH excluding ortho intramolecular Hbond substituents is 1. The van der Waals surface area contributed by atoms with Gasteiger partial charge in [-0.1, -0.05) is 0 Å². The molecule has 0 spiro atoms. The summed E-state index contributed by atoms with van der Waals surface area (Å²) in [4.78, 5) is 35.1. The number of nitrogens with zero attached hydrogens (tertiary/aromatic N) is 2. The largest absolute Gasteiger partial charge is 0.507 e. The van der Waals surface area contributed by atoms with Crippen LogP contribution in [0.5, 0.6) is 5.75 Å². The average molecular weight is 409 g/mol. The van der Waals surface area contributed by atoms with Crippen molar-refractivity contribution in [3.8, 4) is 17.1 Å². The zero-order valence-electron chi connectivity index (χ0n) is 15.0. The Hall–Kier alpha value is -4.47. The highest BCUT2D eigenvalue weighted by Gasteiger charge is 2.34. The molecule has 1 aliphatic heterocycles. The predicted molar refractivity (Wildman–Crippen MR) is 102 cm³/mol. The number of anilines is 1. The average Bonchev–Trinajstić information content (AvgIpc) is 3.29. The number of nitro benzene ring substituents is 1. The number of nitrogens with one attached hydrogen (secondary N) is 1. The van der Waals surface area contributed by atoms with Crippen LogP contribution < -0.4 is 10.4 Å². The topological polar surface area (TPSA) is 126 Å². The van der Waals surface area contributed by atoms with Crippen LogP contribution in [0.2, 0.25) is 0 Å². The van der Waals surface area contributed by atoms with Crippen molar-refractivity contribution in [1.29, 1.82) is 0 Å². The summed E-state index contributed by atoms with van der Waals surface area (Å²) in [5.74, 6) is -1.82. The standard InChI is InChI=1S/C20H12FN3O6/c21-11-1-3-12(4-2-11)23-20(27)16(19(26)22-23)10-14-6-8-18(30-14)15-9-13(24(28)29)5-7-17(15)25/h1-10,25H,(H,22,26)/b16-10-. The third-order valence-electron chi connectivity index (χ3n) is 4.35. The number of benzene rings is 2. The highest BCUT2D eigenvalue weighted by atomic mass is 19.1. The molecule has 150 valence electrons. The molecule has 1 aliphatic rings. The number of furan rings is 1. The number of hydrogen-bond donors (Lipinski definition) is 2. The van der Waals surface area contributed by atoms with Crippen LogP contribution >= 0.6 is 0 Å². The number of amides is 2. The number of carbonyl (C=O) groups is 2. The Kier molecular flexibility index (Phi) is 4.51. The van der Waals surface area contributed by atoms with Crippen LogP contribution in [0.25, 0.3) is 17.4 Å².